The molecular formula is C21H24N2O2. The molecule has 0 radical (unpaired) electrons. The smallest absolute Gasteiger partial charge is 0.258 e. The minimum atomic E-state index is -0.0933. The van der Waals surface area contributed by atoms with Gasteiger partial charge in [-0.2, -0.15) is 0 Å². The van der Waals surface area contributed by atoms with Crippen LogP contribution in [0.15, 0.2) is 54.6 Å². The van der Waals surface area contributed by atoms with Gasteiger partial charge in [0.2, 0.25) is 0 Å². The van der Waals surface area contributed by atoms with E-state index in [1.807, 2.05) is 37.3 Å². The molecule has 1 aliphatic rings. The van der Waals surface area contributed by atoms with Crippen molar-refractivity contribution in [3.8, 4) is 0 Å². The molecule has 1 fully saturated rings. The molecule has 25 heavy (non-hydrogen) atoms. The number of amides is 2. The number of hydrogen-bond acceptors (Lipinski definition) is 2. The fourth-order valence-electron chi connectivity index (χ4n) is 3.34. The van der Waals surface area contributed by atoms with Crippen LogP contribution in [0.2, 0.25) is 0 Å². The van der Waals surface area contributed by atoms with E-state index in [-0.39, 0.29) is 17.9 Å². The Balaban J connectivity index is 1.77. The zero-order chi connectivity index (χ0) is 17.6. The van der Waals surface area contributed by atoms with Crippen molar-refractivity contribution in [2.24, 2.45) is 0 Å². The van der Waals surface area contributed by atoms with Crippen LogP contribution >= 0.6 is 0 Å². The number of benzene rings is 2. The summed E-state index contributed by atoms with van der Waals surface area (Å²) < 4.78 is 0. The van der Waals surface area contributed by atoms with Crippen molar-refractivity contribution in [2.45, 2.75) is 38.6 Å². The number of nitrogens with zero attached hydrogens (tertiary/aromatic N) is 1. The normalized spacial score (nSPS) is 14.3. The minimum Gasteiger partial charge on any atom is -0.349 e. The Morgan fingerprint density at radius 3 is 2.36 bits per heavy atom. The Bertz CT molecular complexity index is 737. The second-order valence-electron chi connectivity index (χ2n) is 6.42. The van der Waals surface area contributed by atoms with Crippen LogP contribution in [0.4, 0.5) is 5.69 Å². The molecule has 130 valence electrons. The van der Waals surface area contributed by atoms with Crippen LogP contribution in [0.1, 0.15) is 53.3 Å². The molecule has 4 heteroatoms. The average molecular weight is 336 g/mol. The Morgan fingerprint density at radius 2 is 1.68 bits per heavy atom. The van der Waals surface area contributed by atoms with Crippen molar-refractivity contribution in [2.75, 3.05) is 11.4 Å². The van der Waals surface area contributed by atoms with E-state index in [9.17, 15) is 9.59 Å². The summed E-state index contributed by atoms with van der Waals surface area (Å²) in [7, 11) is 0. The summed E-state index contributed by atoms with van der Waals surface area (Å²) in [4.78, 5) is 27.1. The molecule has 0 aromatic heterocycles. The van der Waals surface area contributed by atoms with Crippen LogP contribution in [0.25, 0.3) is 0 Å². The number of carbonyl (C=O) groups excluding carboxylic acids is 2. The molecule has 2 aromatic carbocycles. The van der Waals surface area contributed by atoms with Crippen molar-refractivity contribution >= 4 is 17.5 Å². The maximum Gasteiger partial charge on any atom is 0.258 e. The first kappa shape index (κ1) is 17.2. The van der Waals surface area contributed by atoms with E-state index < -0.39 is 0 Å². The molecule has 0 spiro atoms. The van der Waals surface area contributed by atoms with Gasteiger partial charge in [-0.15, -0.1) is 0 Å². The molecule has 4 nitrogen and oxygen atoms in total. The Labute approximate surface area is 148 Å². The van der Waals surface area contributed by atoms with E-state index in [0.29, 0.717) is 17.7 Å². The van der Waals surface area contributed by atoms with Gasteiger partial charge >= 0.3 is 0 Å². The fraction of sp³-hybridized carbons (Fsp3) is 0.333. The van der Waals surface area contributed by atoms with Gasteiger partial charge in [-0.05, 0) is 50.1 Å². The third-order valence-corrected chi connectivity index (χ3v) is 4.69. The largest absolute Gasteiger partial charge is 0.349 e. The molecule has 1 aliphatic carbocycles. The molecule has 0 aliphatic heterocycles. The van der Waals surface area contributed by atoms with Crippen LogP contribution in [0.5, 0.6) is 0 Å². The summed E-state index contributed by atoms with van der Waals surface area (Å²) in [6.45, 7) is 2.52. The van der Waals surface area contributed by atoms with Crippen LogP contribution in [-0.2, 0) is 0 Å². The van der Waals surface area contributed by atoms with Gasteiger partial charge in [-0.3, -0.25) is 9.59 Å². The molecule has 0 unspecified atom stereocenters. The molecule has 2 amide bonds. The number of nitrogens with one attached hydrogen (secondary N) is 1. The summed E-state index contributed by atoms with van der Waals surface area (Å²) in [5, 5.41) is 3.07. The standard InChI is InChI=1S/C21H24N2O2/c1-2-23(19-13-4-3-5-14-19)21(25)17-10-8-9-16(15-17)20(24)22-18-11-6-7-12-18/h3-5,8-10,13-15,18H,2,6-7,11-12H2,1H3,(H,22,24). The van der Waals surface area contributed by atoms with Crippen molar-refractivity contribution in [3.05, 3.63) is 65.7 Å². The maximum absolute atomic E-state index is 12.9. The zero-order valence-electron chi connectivity index (χ0n) is 14.6. The van der Waals surface area contributed by atoms with Crippen LogP contribution in [-0.4, -0.2) is 24.4 Å². The quantitative estimate of drug-likeness (QED) is 0.896. The predicted octanol–water partition coefficient (Wildman–Crippen LogP) is 4.03. The van der Waals surface area contributed by atoms with E-state index >= 15 is 0 Å². The summed E-state index contributed by atoms with van der Waals surface area (Å²) in [5.74, 6) is -0.187. The molecule has 0 bridgehead atoms. The highest BCUT2D eigenvalue weighted by molar-refractivity contribution is 6.07. The van der Waals surface area contributed by atoms with Crippen molar-refractivity contribution in [1.82, 2.24) is 5.32 Å². The zero-order valence-corrected chi connectivity index (χ0v) is 14.6. The molecular weight excluding hydrogens is 312 g/mol. The number of para-hydroxylation sites is 1. The minimum absolute atomic E-state index is 0.0932. The van der Waals surface area contributed by atoms with Gasteiger partial charge in [-0.1, -0.05) is 37.1 Å². The second kappa shape index (κ2) is 7.97. The maximum atomic E-state index is 12.9. The molecule has 0 heterocycles. The van der Waals surface area contributed by atoms with E-state index in [1.54, 1.807) is 29.2 Å². The lowest BCUT2D eigenvalue weighted by Crippen LogP contribution is -2.33. The molecule has 1 saturated carbocycles. The summed E-state index contributed by atoms with van der Waals surface area (Å²) in [6, 6.07) is 16.8. The Morgan fingerprint density at radius 1 is 1.00 bits per heavy atom. The third kappa shape index (κ3) is 4.08. The first-order valence-corrected chi connectivity index (χ1v) is 8.97. The predicted molar refractivity (Wildman–Crippen MR) is 100.0 cm³/mol. The molecule has 1 N–H and O–H groups in total. The lowest BCUT2D eigenvalue weighted by Gasteiger charge is -2.21. The van der Waals surface area contributed by atoms with Gasteiger partial charge in [0.25, 0.3) is 11.8 Å². The van der Waals surface area contributed by atoms with Crippen molar-refractivity contribution in [1.29, 1.82) is 0 Å². The summed E-state index contributed by atoms with van der Waals surface area (Å²) >= 11 is 0. The Hall–Kier alpha value is -2.62. The Kier molecular flexibility index (Phi) is 5.49. The van der Waals surface area contributed by atoms with Crippen LogP contribution in [0, 0.1) is 0 Å². The summed E-state index contributed by atoms with van der Waals surface area (Å²) in [5.41, 5.74) is 1.93. The van der Waals surface area contributed by atoms with Crippen molar-refractivity contribution in [3.63, 3.8) is 0 Å². The van der Waals surface area contributed by atoms with Gasteiger partial charge in [0.05, 0.1) is 0 Å². The number of rotatable bonds is 5. The lowest BCUT2D eigenvalue weighted by atomic mass is 10.1. The van der Waals surface area contributed by atoms with Gasteiger partial charge in [0.15, 0.2) is 0 Å². The SMILES string of the molecule is CCN(C(=O)c1cccc(C(=O)NC2CCCC2)c1)c1ccccc1. The fourth-order valence-corrected chi connectivity index (χ4v) is 3.34. The van der Waals surface area contributed by atoms with E-state index in [1.165, 1.54) is 12.8 Å². The second-order valence-corrected chi connectivity index (χ2v) is 6.42. The van der Waals surface area contributed by atoms with Gasteiger partial charge < -0.3 is 10.2 Å². The van der Waals surface area contributed by atoms with E-state index in [2.05, 4.69) is 5.32 Å². The summed E-state index contributed by atoms with van der Waals surface area (Å²) in [6.07, 6.45) is 4.43. The molecule has 2 aromatic rings. The number of carbonyl (C=O) groups is 2. The molecule has 3 rings (SSSR count). The van der Waals surface area contributed by atoms with Crippen molar-refractivity contribution < 1.29 is 9.59 Å². The van der Waals surface area contributed by atoms with Crippen LogP contribution in [0.3, 0.4) is 0 Å². The topological polar surface area (TPSA) is 49.4 Å². The first-order valence-electron chi connectivity index (χ1n) is 8.97. The highest BCUT2D eigenvalue weighted by atomic mass is 16.2. The van der Waals surface area contributed by atoms with Gasteiger partial charge in [0.1, 0.15) is 0 Å². The van der Waals surface area contributed by atoms with Gasteiger partial charge in [0, 0.05) is 29.4 Å². The molecule has 0 atom stereocenters. The monoisotopic (exact) mass is 336 g/mol. The number of anilines is 1. The molecule has 0 saturated heterocycles. The highest BCUT2D eigenvalue weighted by Crippen LogP contribution is 2.19. The van der Waals surface area contributed by atoms with E-state index in [4.69, 9.17) is 0 Å². The average Bonchev–Trinajstić information content (AvgIpc) is 3.16. The van der Waals surface area contributed by atoms with E-state index in [0.717, 1.165) is 18.5 Å². The lowest BCUT2D eigenvalue weighted by molar-refractivity contribution is 0.0938. The van der Waals surface area contributed by atoms with Crippen LogP contribution < -0.4 is 10.2 Å². The number of hydrogen-bond donors (Lipinski definition) is 1. The van der Waals surface area contributed by atoms with Gasteiger partial charge in [-0.25, -0.2) is 0 Å². The first-order chi connectivity index (χ1) is 12.2. The third-order valence-electron chi connectivity index (χ3n) is 4.69. The highest BCUT2D eigenvalue weighted by Gasteiger charge is 2.20.